The van der Waals surface area contributed by atoms with Crippen molar-refractivity contribution in [2.75, 3.05) is 20.8 Å². The highest BCUT2D eigenvalue weighted by Gasteiger charge is 2.11. The van der Waals surface area contributed by atoms with E-state index in [-0.39, 0.29) is 17.9 Å². The summed E-state index contributed by atoms with van der Waals surface area (Å²) in [5, 5.41) is 11.8. The van der Waals surface area contributed by atoms with Gasteiger partial charge >= 0.3 is 5.97 Å². The average Bonchev–Trinajstić information content (AvgIpc) is 2.64. The Labute approximate surface area is 145 Å². The van der Waals surface area contributed by atoms with Gasteiger partial charge < -0.3 is 24.6 Å². The van der Waals surface area contributed by atoms with Gasteiger partial charge in [-0.2, -0.15) is 0 Å². The number of carbonyl (C=O) groups excluding carboxylic acids is 2. The summed E-state index contributed by atoms with van der Waals surface area (Å²) in [6.45, 7) is -0.136. The molecule has 0 spiro atoms. The highest BCUT2D eigenvalue weighted by molar-refractivity contribution is 5.91. The maximum Gasteiger partial charge on any atom is 0.338 e. The number of nitrogens with one attached hydrogen (secondary N) is 1. The molecule has 2 aromatic carbocycles. The van der Waals surface area contributed by atoms with E-state index in [0.717, 1.165) is 5.56 Å². The Kier molecular flexibility index (Phi) is 6.22. The number of carbonyl (C=O) groups is 2. The van der Waals surface area contributed by atoms with E-state index >= 15 is 0 Å². The van der Waals surface area contributed by atoms with Crippen molar-refractivity contribution in [1.82, 2.24) is 5.32 Å². The summed E-state index contributed by atoms with van der Waals surface area (Å²) >= 11 is 0. The first-order valence-corrected chi connectivity index (χ1v) is 7.47. The molecular weight excluding hydrogens is 326 g/mol. The second kappa shape index (κ2) is 8.58. The number of amides is 1. The molecule has 132 valence electrons. The van der Waals surface area contributed by atoms with Crippen molar-refractivity contribution in [2.45, 2.75) is 6.54 Å². The lowest BCUT2D eigenvalue weighted by molar-refractivity contribution is -0.124. The van der Waals surface area contributed by atoms with Crippen molar-refractivity contribution in [3.05, 3.63) is 53.6 Å². The monoisotopic (exact) mass is 345 g/mol. The van der Waals surface area contributed by atoms with Crippen LogP contribution in [0.4, 0.5) is 0 Å². The number of hydrogen-bond donors (Lipinski definition) is 2. The van der Waals surface area contributed by atoms with E-state index in [1.54, 1.807) is 25.3 Å². The van der Waals surface area contributed by atoms with E-state index < -0.39 is 18.5 Å². The van der Waals surface area contributed by atoms with Crippen molar-refractivity contribution >= 4 is 11.9 Å². The zero-order valence-corrected chi connectivity index (χ0v) is 13.9. The summed E-state index contributed by atoms with van der Waals surface area (Å²) < 4.78 is 15.3. The van der Waals surface area contributed by atoms with Crippen molar-refractivity contribution in [1.29, 1.82) is 0 Å². The Bertz CT molecular complexity index is 742. The fourth-order valence-electron chi connectivity index (χ4n) is 2.05. The molecule has 2 N–H and O–H groups in total. The molecule has 7 heteroatoms. The third-order valence-corrected chi connectivity index (χ3v) is 3.37. The Morgan fingerprint density at radius 3 is 2.32 bits per heavy atom. The summed E-state index contributed by atoms with van der Waals surface area (Å²) in [5.41, 5.74) is 1.07. The topological polar surface area (TPSA) is 94.1 Å². The smallest absolute Gasteiger partial charge is 0.338 e. The molecular formula is C18H19NO6. The van der Waals surface area contributed by atoms with Gasteiger partial charge in [0.05, 0.1) is 19.8 Å². The van der Waals surface area contributed by atoms with Crippen molar-refractivity contribution in [3.8, 4) is 17.2 Å². The molecule has 2 rings (SSSR count). The lowest BCUT2D eigenvalue weighted by Gasteiger charge is -2.10. The van der Waals surface area contributed by atoms with Crippen LogP contribution in [0.1, 0.15) is 15.9 Å². The molecule has 2 aromatic rings. The summed E-state index contributed by atoms with van der Waals surface area (Å²) in [6.07, 6.45) is 0. The molecule has 0 aliphatic heterocycles. The summed E-state index contributed by atoms with van der Waals surface area (Å²) in [4.78, 5) is 23.6. The van der Waals surface area contributed by atoms with Gasteiger partial charge in [0.2, 0.25) is 0 Å². The number of benzene rings is 2. The summed E-state index contributed by atoms with van der Waals surface area (Å²) in [7, 11) is 3.07. The van der Waals surface area contributed by atoms with Crippen LogP contribution < -0.4 is 14.8 Å². The molecule has 0 unspecified atom stereocenters. The maximum atomic E-state index is 11.8. The zero-order chi connectivity index (χ0) is 18.2. The summed E-state index contributed by atoms with van der Waals surface area (Å²) in [5.74, 6) is 0.140. The number of methoxy groups -OCH3 is 2. The molecule has 0 aliphatic rings. The van der Waals surface area contributed by atoms with Gasteiger partial charge in [0.15, 0.2) is 18.1 Å². The van der Waals surface area contributed by atoms with Gasteiger partial charge in [0, 0.05) is 6.54 Å². The number of phenolic OH excluding ortho intramolecular Hbond substituents is 1. The molecule has 7 nitrogen and oxygen atoms in total. The quantitative estimate of drug-likeness (QED) is 0.744. The molecule has 0 saturated heterocycles. The third-order valence-electron chi connectivity index (χ3n) is 3.37. The van der Waals surface area contributed by atoms with Crippen LogP contribution in [0.15, 0.2) is 42.5 Å². The SMILES string of the molecule is COc1ccc(CNC(=O)COC(=O)c2ccc(O)cc2)cc1OC. The van der Waals surface area contributed by atoms with Crippen LogP contribution in [-0.2, 0) is 16.1 Å². The number of hydrogen-bond acceptors (Lipinski definition) is 6. The number of esters is 1. The van der Waals surface area contributed by atoms with E-state index in [2.05, 4.69) is 5.32 Å². The maximum absolute atomic E-state index is 11.8. The third kappa shape index (κ3) is 5.13. The van der Waals surface area contributed by atoms with E-state index in [4.69, 9.17) is 14.2 Å². The van der Waals surface area contributed by atoms with Gasteiger partial charge in [-0.05, 0) is 42.0 Å². The second-order valence-corrected chi connectivity index (χ2v) is 5.09. The van der Waals surface area contributed by atoms with E-state index in [9.17, 15) is 14.7 Å². The molecule has 0 atom stereocenters. The lowest BCUT2D eigenvalue weighted by Crippen LogP contribution is -2.28. The predicted octanol–water partition coefficient (Wildman–Crippen LogP) is 1.88. The average molecular weight is 345 g/mol. The lowest BCUT2D eigenvalue weighted by atomic mass is 10.2. The fourth-order valence-corrected chi connectivity index (χ4v) is 2.05. The van der Waals surface area contributed by atoms with E-state index in [1.165, 1.54) is 31.4 Å². The Hall–Kier alpha value is -3.22. The molecule has 0 bridgehead atoms. The van der Waals surface area contributed by atoms with Crippen LogP contribution in [0.25, 0.3) is 0 Å². The van der Waals surface area contributed by atoms with Gasteiger partial charge in [-0.15, -0.1) is 0 Å². The highest BCUT2D eigenvalue weighted by Crippen LogP contribution is 2.27. The minimum Gasteiger partial charge on any atom is -0.508 e. The van der Waals surface area contributed by atoms with Gasteiger partial charge in [0.25, 0.3) is 5.91 Å². The van der Waals surface area contributed by atoms with Crippen molar-refractivity contribution in [3.63, 3.8) is 0 Å². The van der Waals surface area contributed by atoms with Crippen LogP contribution >= 0.6 is 0 Å². The van der Waals surface area contributed by atoms with Crippen LogP contribution in [0.2, 0.25) is 0 Å². The van der Waals surface area contributed by atoms with Gasteiger partial charge in [-0.1, -0.05) is 6.07 Å². The predicted molar refractivity (Wildman–Crippen MR) is 89.8 cm³/mol. The fraction of sp³-hybridized carbons (Fsp3) is 0.222. The largest absolute Gasteiger partial charge is 0.508 e. The minimum atomic E-state index is -0.638. The first kappa shape index (κ1) is 18.1. The Morgan fingerprint density at radius 1 is 1.00 bits per heavy atom. The normalized spacial score (nSPS) is 10.0. The number of rotatable bonds is 7. The van der Waals surface area contributed by atoms with Crippen LogP contribution in [0, 0.1) is 0 Å². The number of ether oxygens (including phenoxy) is 3. The molecule has 25 heavy (non-hydrogen) atoms. The number of phenols is 1. The molecule has 0 aliphatic carbocycles. The van der Waals surface area contributed by atoms with Crippen LogP contribution in [0.3, 0.4) is 0 Å². The van der Waals surface area contributed by atoms with Gasteiger partial charge in [0.1, 0.15) is 5.75 Å². The molecule has 0 fully saturated rings. The molecule has 1 amide bonds. The zero-order valence-electron chi connectivity index (χ0n) is 13.9. The second-order valence-electron chi connectivity index (χ2n) is 5.09. The molecule has 0 heterocycles. The van der Waals surface area contributed by atoms with Gasteiger partial charge in [-0.25, -0.2) is 4.79 Å². The standard InChI is InChI=1S/C18H19NO6/c1-23-15-8-3-12(9-16(15)24-2)10-19-17(21)11-25-18(22)13-4-6-14(20)7-5-13/h3-9,20H,10-11H2,1-2H3,(H,19,21). The number of aromatic hydroxyl groups is 1. The van der Waals surface area contributed by atoms with Gasteiger partial charge in [-0.3, -0.25) is 4.79 Å². The first-order valence-electron chi connectivity index (χ1n) is 7.47. The first-order chi connectivity index (χ1) is 12.0. The van der Waals surface area contributed by atoms with Crippen molar-refractivity contribution < 1.29 is 28.9 Å². The van der Waals surface area contributed by atoms with Crippen LogP contribution in [0.5, 0.6) is 17.2 Å². The molecule has 0 aromatic heterocycles. The highest BCUT2D eigenvalue weighted by atomic mass is 16.5. The Balaban J connectivity index is 1.82. The van der Waals surface area contributed by atoms with Crippen molar-refractivity contribution in [2.24, 2.45) is 0 Å². The van der Waals surface area contributed by atoms with E-state index in [0.29, 0.717) is 11.5 Å². The molecule has 0 radical (unpaired) electrons. The Morgan fingerprint density at radius 2 is 1.68 bits per heavy atom. The van der Waals surface area contributed by atoms with E-state index in [1.807, 2.05) is 0 Å². The minimum absolute atomic E-state index is 0.0456. The van der Waals surface area contributed by atoms with Crippen LogP contribution in [-0.4, -0.2) is 37.8 Å². The molecule has 0 saturated carbocycles. The summed E-state index contributed by atoms with van der Waals surface area (Å²) in [6, 6.07) is 10.9.